The summed E-state index contributed by atoms with van der Waals surface area (Å²) in [5.41, 5.74) is 3.43. The Morgan fingerprint density at radius 3 is 2.55 bits per heavy atom. The molecule has 8 heteroatoms. The highest BCUT2D eigenvalue weighted by Gasteiger charge is 2.14. The molecule has 1 amide bonds. The van der Waals surface area contributed by atoms with Gasteiger partial charge in [-0.1, -0.05) is 0 Å². The van der Waals surface area contributed by atoms with E-state index < -0.39 is 4.92 Å². The lowest BCUT2D eigenvalue weighted by Crippen LogP contribution is -2.13. The number of carbonyl (C=O) groups is 1. The van der Waals surface area contributed by atoms with Crippen LogP contribution in [-0.4, -0.2) is 20.8 Å². The molecule has 4 aromatic rings. The first-order valence-electron chi connectivity index (χ1n) is 8.73. The zero-order valence-electron chi connectivity index (χ0n) is 15.3. The summed E-state index contributed by atoms with van der Waals surface area (Å²) in [5.74, 6) is -0.105. The quantitative estimate of drug-likeness (QED) is 0.385. The molecule has 0 unspecified atom stereocenters. The fourth-order valence-corrected chi connectivity index (χ4v) is 3.04. The number of hydrogen-bond acceptors (Lipinski definition) is 4. The standard InChI is InChI=1S/C21H15FN4O3/c1-12-10-16(26(28)29)7-8-17(12)21(27)23-15-5-2-13(3-6-15)20-24-18-9-4-14(22)11-19(18)25-20/h2-11H,1H3,(H,23,27)(H,24,25). The summed E-state index contributed by atoms with van der Waals surface area (Å²) in [4.78, 5) is 30.3. The summed E-state index contributed by atoms with van der Waals surface area (Å²) >= 11 is 0. The number of nitro benzene ring substituents is 1. The van der Waals surface area contributed by atoms with Crippen molar-refractivity contribution in [1.29, 1.82) is 0 Å². The van der Waals surface area contributed by atoms with Gasteiger partial charge in [0.2, 0.25) is 0 Å². The Kier molecular flexibility index (Phi) is 4.52. The van der Waals surface area contributed by atoms with Crippen molar-refractivity contribution in [2.24, 2.45) is 0 Å². The van der Waals surface area contributed by atoms with Crippen LogP contribution in [0.5, 0.6) is 0 Å². The van der Waals surface area contributed by atoms with Crippen LogP contribution < -0.4 is 5.32 Å². The van der Waals surface area contributed by atoms with Crippen molar-refractivity contribution in [2.75, 3.05) is 5.32 Å². The molecule has 7 nitrogen and oxygen atoms in total. The predicted octanol–water partition coefficient (Wildman–Crippen LogP) is 4.84. The first kappa shape index (κ1) is 18.3. The summed E-state index contributed by atoms with van der Waals surface area (Å²) in [7, 11) is 0. The van der Waals surface area contributed by atoms with Gasteiger partial charge in [-0.3, -0.25) is 14.9 Å². The van der Waals surface area contributed by atoms with E-state index in [9.17, 15) is 19.3 Å². The maximum atomic E-state index is 13.3. The van der Waals surface area contributed by atoms with E-state index >= 15 is 0 Å². The topological polar surface area (TPSA) is 101 Å². The number of carbonyl (C=O) groups excluding carboxylic acids is 1. The van der Waals surface area contributed by atoms with Crippen molar-refractivity contribution >= 4 is 28.3 Å². The molecule has 0 spiro atoms. The van der Waals surface area contributed by atoms with E-state index in [1.54, 1.807) is 37.3 Å². The van der Waals surface area contributed by atoms with Crippen LogP contribution in [0, 0.1) is 22.9 Å². The van der Waals surface area contributed by atoms with E-state index in [-0.39, 0.29) is 17.4 Å². The maximum absolute atomic E-state index is 13.3. The number of aryl methyl sites for hydroxylation is 1. The first-order chi connectivity index (χ1) is 13.9. The fourth-order valence-electron chi connectivity index (χ4n) is 3.04. The number of anilines is 1. The first-order valence-corrected chi connectivity index (χ1v) is 8.73. The summed E-state index contributed by atoms with van der Waals surface area (Å²) in [6, 6.07) is 15.5. The number of rotatable bonds is 4. The Hall–Kier alpha value is -4.07. The second-order valence-electron chi connectivity index (χ2n) is 6.53. The van der Waals surface area contributed by atoms with Crippen molar-refractivity contribution < 1.29 is 14.1 Å². The monoisotopic (exact) mass is 390 g/mol. The van der Waals surface area contributed by atoms with Crippen molar-refractivity contribution in [3.8, 4) is 11.4 Å². The van der Waals surface area contributed by atoms with Gasteiger partial charge >= 0.3 is 0 Å². The molecule has 144 valence electrons. The van der Waals surface area contributed by atoms with Crippen molar-refractivity contribution in [2.45, 2.75) is 6.92 Å². The highest BCUT2D eigenvalue weighted by Crippen LogP contribution is 2.23. The van der Waals surface area contributed by atoms with Gasteiger partial charge in [0.1, 0.15) is 11.6 Å². The molecule has 0 aliphatic carbocycles. The molecule has 0 aliphatic rings. The molecule has 0 fully saturated rings. The van der Waals surface area contributed by atoms with Gasteiger partial charge in [-0.25, -0.2) is 9.37 Å². The Morgan fingerprint density at radius 2 is 1.86 bits per heavy atom. The zero-order valence-corrected chi connectivity index (χ0v) is 15.3. The van der Waals surface area contributed by atoms with E-state index in [2.05, 4.69) is 15.3 Å². The van der Waals surface area contributed by atoms with Crippen LogP contribution in [0.1, 0.15) is 15.9 Å². The number of nitrogens with zero attached hydrogens (tertiary/aromatic N) is 2. The number of nitrogens with one attached hydrogen (secondary N) is 2. The number of aromatic nitrogens is 2. The van der Waals surface area contributed by atoms with Crippen LogP contribution in [0.2, 0.25) is 0 Å². The smallest absolute Gasteiger partial charge is 0.269 e. The third kappa shape index (κ3) is 3.68. The molecular weight excluding hydrogens is 375 g/mol. The van der Waals surface area contributed by atoms with Gasteiger partial charge < -0.3 is 10.3 Å². The number of nitro groups is 1. The van der Waals surface area contributed by atoms with Crippen molar-refractivity contribution in [3.63, 3.8) is 0 Å². The van der Waals surface area contributed by atoms with Crippen LogP contribution in [0.15, 0.2) is 60.7 Å². The molecule has 0 aliphatic heterocycles. The maximum Gasteiger partial charge on any atom is 0.269 e. The summed E-state index contributed by atoms with van der Waals surface area (Å²) < 4.78 is 13.3. The molecular formula is C21H15FN4O3. The van der Waals surface area contributed by atoms with Gasteiger partial charge in [-0.2, -0.15) is 0 Å². The third-order valence-electron chi connectivity index (χ3n) is 4.53. The minimum atomic E-state index is -0.500. The highest BCUT2D eigenvalue weighted by molar-refractivity contribution is 6.05. The summed E-state index contributed by atoms with van der Waals surface area (Å²) in [6.45, 7) is 1.65. The molecule has 0 atom stereocenters. The Balaban J connectivity index is 1.53. The van der Waals surface area contributed by atoms with Crippen molar-refractivity contribution in [3.05, 3.63) is 87.7 Å². The molecule has 0 saturated heterocycles. The molecule has 1 heterocycles. The molecule has 3 aromatic carbocycles. The number of fused-ring (bicyclic) bond motifs is 1. The number of amides is 1. The van der Waals surface area contributed by atoms with E-state index in [1.165, 1.54) is 30.3 Å². The van der Waals surface area contributed by atoms with Gasteiger partial charge in [-0.05, 0) is 61.0 Å². The number of imidazole rings is 1. The zero-order chi connectivity index (χ0) is 20.5. The Morgan fingerprint density at radius 1 is 1.10 bits per heavy atom. The van der Waals surface area contributed by atoms with E-state index in [0.717, 1.165) is 5.56 Å². The number of H-pyrrole nitrogens is 1. The average Bonchev–Trinajstić information content (AvgIpc) is 3.11. The van der Waals surface area contributed by atoms with Gasteiger partial charge in [-0.15, -0.1) is 0 Å². The van der Waals surface area contributed by atoms with Crippen LogP contribution >= 0.6 is 0 Å². The van der Waals surface area contributed by atoms with Crippen LogP contribution in [-0.2, 0) is 0 Å². The van der Waals surface area contributed by atoms with Crippen LogP contribution in [0.4, 0.5) is 15.8 Å². The lowest BCUT2D eigenvalue weighted by atomic mass is 10.1. The Labute approximate surface area is 164 Å². The molecule has 29 heavy (non-hydrogen) atoms. The number of halogens is 1. The second kappa shape index (κ2) is 7.16. The molecule has 4 rings (SSSR count). The highest BCUT2D eigenvalue weighted by atomic mass is 19.1. The SMILES string of the molecule is Cc1cc([N+](=O)[O-])ccc1C(=O)Nc1ccc(-c2nc3ccc(F)cc3[nH]2)cc1. The summed E-state index contributed by atoms with van der Waals surface area (Å²) in [5, 5.41) is 13.6. The fraction of sp³-hybridized carbons (Fsp3) is 0.0476. The molecule has 0 bridgehead atoms. The van der Waals surface area contributed by atoms with Gasteiger partial charge in [0, 0.05) is 28.9 Å². The van der Waals surface area contributed by atoms with Gasteiger partial charge in [0.25, 0.3) is 11.6 Å². The van der Waals surface area contributed by atoms with E-state index in [1.807, 2.05) is 0 Å². The van der Waals surface area contributed by atoms with E-state index in [0.29, 0.717) is 33.7 Å². The largest absolute Gasteiger partial charge is 0.338 e. The average molecular weight is 390 g/mol. The summed E-state index contributed by atoms with van der Waals surface area (Å²) in [6.07, 6.45) is 0. The molecule has 2 N–H and O–H groups in total. The van der Waals surface area contributed by atoms with Crippen LogP contribution in [0.3, 0.4) is 0 Å². The van der Waals surface area contributed by atoms with Gasteiger partial charge in [0.15, 0.2) is 0 Å². The van der Waals surface area contributed by atoms with Crippen LogP contribution in [0.25, 0.3) is 22.4 Å². The normalized spacial score (nSPS) is 10.8. The third-order valence-corrected chi connectivity index (χ3v) is 4.53. The predicted molar refractivity (Wildman–Crippen MR) is 107 cm³/mol. The van der Waals surface area contributed by atoms with E-state index in [4.69, 9.17) is 0 Å². The number of benzene rings is 3. The number of non-ortho nitro benzene ring substituents is 1. The second-order valence-corrected chi connectivity index (χ2v) is 6.53. The number of aromatic amines is 1. The molecule has 0 saturated carbocycles. The van der Waals surface area contributed by atoms with Gasteiger partial charge in [0.05, 0.1) is 16.0 Å². The lowest BCUT2D eigenvalue weighted by molar-refractivity contribution is -0.384. The minimum Gasteiger partial charge on any atom is -0.338 e. The minimum absolute atomic E-state index is 0.0610. The van der Waals surface area contributed by atoms with Crippen molar-refractivity contribution in [1.82, 2.24) is 9.97 Å². The Bertz CT molecular complexity index is 1250. The molecule has 0 radical (unpaired) electrons. The lowest BCUT2D eigenvalue weighted by Gasteiger charge is -2.08. The molecule has 1 aromatic heterocycles. The number of hydrogen-bond donors (Lipinski definition) is 2.